The number of ether oxygens (including phenoxy) is 1. The lowest BCUT2D eigenvalue weighted by Gasteiger charge is -2.30. The van der Waals surface area contributed by atoms with Gasteiger partial charge in [-0.1, -0.05) is 32.0 Å². The van der Waals surface area contributed by atoms with Crippen LogP contribution in [0.15, 0.2) is 42.7 Å². The van der Waals surface area contributed by atoms with Crippen molar-refractivity contribution in [1.29, 1.82) is 0 Å². The number of hydrogen-bond donors (Lipinski definition) is 1. The maximum absolute atomic E-state index is 13.6. The number of nitrogens with zero attached hydrogens (tertiary/aromatic N) is 5. The van der Waals surface area contributed by atoms with Crippen molar-refractivity contribution in [3.63, 3.8) is 0 Å². The molecule has 174 valence electrons. The molecule has 1 unspecified atom stereocenters. The molecule has 1 N–H and O–H groups in total. The maximum Gasteiger partial charge on any atom is 0.257 e. The molecule has 1 saturated heterocycles. The molecule has 0 spiro atoms. The highest BCUT2D eigenvalue weighted by molar-refractivity contribution is 5.97. The van der Waals surface area contributed by atoms with Crippen LogP contribution in [0.2, 0.25) is 0 Å². The third-order valence-electron chi connectivity index (χ3n) is 6.84. The van der Waals surface area contributed by atoms with Crippen molar-refractivity contribution in [3.05, 3.63) is 65.0 Å². The van der Waals surface area contributed by atoms with Crippen molar-refractivity contribution in [3.8, 4) is 11.4 Å². The van der Waals surface area contributed by atoms with Crippen molar-refractivity contribution < 1.29 is 14.6 Å². The largest absolute Gasteiger partial charge is 0.496 e. The average Bonchev–Trinajstić information content (AvgIpc) is 3.54. The molecule has 8 nitrogen and oxygen atoms in total. The molecular formula is C25H31N5O3. The first-order chi connectivity index (χ1) is 16.0. The number of carbonyl (C=O) groups excluding carboxylic acids is 1. The number of methoxy groups -OCH3 is 1. The Kier molecular flexibility index (Phi) is 6.74. The van der Waals surface area contributed by atoms with E-state index in [0.29, 0.717) is 36.5 Å². The molecule has 1 amide bonds. The molecule has 1 fully saturated rings. The fourth-order valence-corrected chi connectivity index (χ4v) is 4.93. The molecule has 0 radical (unpaired) electrons. The second-order valence-corrected chi connectivity index (χ2v) is 8.56. The molecule has 4 rings (SSSR count). The summed E-state index contributed by atoms with van der Waals surface area (Å²) >= 11 is 0. The average molecular weight is 450 g/mol. The van der Waals surface area contributed by atoms with Crippen LogP contribution >= 0.6 is 0 Å². The standard InChI is InChI=1S/C25H31N5O3/c1-4-18-6-7-20(14-19(18)5-2)25(11-13-31)10-12-29(16-25)24(32)22-15-21(8-9-23(22)33-3)30-17-26-27-28-30/h6-9,14-15,17,31H,4-5,10-13,16H2,1-3H3. The summed E-state index contributed by atoms with van der Waals surface area (Å²) in [5.74, 6) is 0.416. The number of benzene rings is 2. The van der Waals surface area contributed by atoms with Gasteiger partial charge in [0, 0.05) is 25.1 Å². The minimum atomic E-state index is -0.263. The topological polar surface area (TPSA) is 93.4 Å². The Balaban J connectivity index is 1.65. The second-order valence-electron chi connectivity index (χ2n) is 8.56. The molecule has 2 heterocycles. The number of rotatable bonds is 8. The van der Waals surface area contributed by atoms with E-state index in [1.54, 1.807) is 19.2 Å². The molecule has 2 aromatic carbocycles. The number of likely N-dealkylation sites (tertiary alicyclic amines) is 1. The van der Waals surface area contributed by atoms with E-state index in [9.17, 15) is 9.90 Å². The van der Waals surface area contributed by atoms with Gasteiger partial charge in [-0.25, -0.2) is 4.68 Å². The summed E-state index contributed by atoms with van der Waals surface area (Å²) in [6, 6.07) is 12.0. The van der Waals surface area contributed by atoms with Gasteiger partial charge in [-0.05, 0) is 71.0 Å². The fraction of sp³-hybridized carbons (Fsp3) is 0.440. The summed E-state index contributed by atoms with van der Waals surface area (Å²) < 4.78 is 7.00. The van der Waals surface area contributed by atoms with Gasteiger partial charge in [0.25, 0.3) is 5.91 Å². The van der Waals surface area contributed by atoms with Crippen LogP contribution < -0.4 is 4.74 Å². The Morgan fingerprint density at radius 2 is 1.97 bits per heavy atom. The Hall–Kier alpha value is -3.26. The van der Waals surface area contributed by atoms with Gasteiger partial charge in [-0.3, -0.25) is 4.79 Å². The van der Waals surface area contributed by atoms with E-state index in [-0.39, 0.29) is 17.9 Å². The van der Waals surface area contributed by atoms with Crippen molar-refractivity contribution in [2.75, 3.05) is 26.8 Å². The molecule has 0 aliphatic carbocycles. The van der Waals surface area contributed by atoms with Crippen LogP contribution in [0.3, 0.4) is 0 Å². The van der Waals surface area contributed by atoms with Crippen molar-refractivity contribution >= 4 is 5.91 Å². The lowest BCUT2D eigenvalue weighted by molar-refractivity contribution is 0.0776. The van der Waals surface area contributed by atoms with Gasteiger partial charge < -0.3 is 14.7 Å². The molecule has 1 aliphatic heterocycles. The Bertz CT molecular complexity index is 1120. The summed E-state index contributed by atoms with van der Waals surface area (Å²) in [5, 5.41) is 21.2. The molecule has 1 atom stereocenters. The van der Waals surface area contributed by atoms with Crippen LogP contribution in [0.5, 0.6) is 5.75 Å². The van der Waals surface area contributed by atoms with Crippen LogP contribution in [0, 0.1) is 0 Å². The Labute approximate surface area is 194 Å². The number of tetrazole rings is 1. The third kappa shape index (κ3) is 4.35. The molecule has 8 heteroatoms. The van der Waals surface area contributed by atoms with Gasteiger partial charge in [0.2, 0.25) is 0 Å². The van der Waals surface area contributed by atoms with Crippen molar-refractivity contribution in [1.82, 2.24) is 25.1 Å². The third-order valence-corrected chi connectivity index (χ3v) is 6.84. The fourth-order valence-electron chi connectivity index (χ4n) is 4.93. The predicted molar refractivity (Wildman–Crippen MR) is 125 cm³/mol. The van der Waals surface area contributed by atoms with Gasteiger partial charge >= 0.3 is 0 Å². The number of hydrogen-bond acceptors (Lipinski definition) is 6. The Morgan fingerprint density at radius 1 is 1.15 bits per heavy atom. The number of aliphatic hydroxyl groups is 1. The van der Waals surface area contributed by atoms with E-state index in [0.717, 1.165) is 19.3 Å². The second kappa shape index (κ2) is 9.70. The molecule has 1 aromatic heterocycles. The SMILES string of the molecule is CCc1ccc(C2(CCO)CCN(C(=O)c3cc(-n4cnnn4)ccc3OC)C2)cc1CC. The van der Waals surface area contributed by atoms with Crippen molar-refractivity contribution in [2.45, 2.75) is 44.9 Å². The first-order valence-electron chi connectivity index (χ1n) is 11.5. The molecular weight excluding hydrogens is 418 g/mol. The van der Waals surface area contributed by atoms with Crippen LogP contribution in [0.25, 0.3) is 5.69 Å². The highest BCUT2D eigenvalue weighted by Crippen LogP contribution is 2.39. The van der Waals surface area contributed by atoms with E-state index in [2.05, 4.69) is 47.6 Å². The van der Waals surface area contributed by atoms with Crippen LogP contribution in [-0.2, 0) is 18.3 Å². The monoisotopic (exact) mass is 449 g/mol. The van der Waals surface area contributed by atoms with Gasteiger partial charge in [-0.2, -0.15) is 0 Å². The lowest BCUT2D eigenvalue weighted by Crippen LogP contribution is -2.35. The summed E-state index contributed by atoms with van der Waals surface area (Å²) in [6.45, 7) is 5.60. The number of aromatic nitrogens is 4. The molecule has 0 bridgehead atoms. The number of aryl methyl sites for hydroxylation is 2. The maximum atomic E-state index is 13.6. The van der Waals surface area contributed by atoms with Crippen molar-refractivity contribution in [2.24, 2.45) is 0 Å². The predicted octanol–water partition coefficient (Wildman–Crippen LogP) is 2.96. The smallest absolute Gasteiger partial charge is 0.257 e. The normalized spacial score (nSPS) is 18.0. The summed E-state index contributed by atoms with van der Waals surface area (Å²) in [7, 11) is 1.56. The molecule has 0 saturated carbocycles. The zero-order valence-electron chi connectivity index (χ0n) is 19.5. The van der Waals surface area contributed by atoms with Crippen LogP contribution in [0.4, 0.5) is 0 Å². The summed E-state index contributed by atoms with van der Waals surface area (Å²) in [4.78, 5) is 15.5. The van der Waals surface area contributed by atoms with Crippen LogP contribution in [0.1, 0.15) is 53.7 Å². The van der Waals surface area contributed by atoms with Gasteiger partial charge in [0.15, 0.2) is 0 Å². The summed E-state index contributed by atoms with van der Waals surface area (Å²) in [5.41, 5.74) is 4.80. The first-order valence-corrected chi connectivity index (χ1v) is 11.5. The number of carbonyl (C=O) groups is 1. The zero-order chi connectivity index (χ0) is 23.4. The number of aliphatic hydroxyl groups excluding tert-OH is 1. The number of amides is 1. The van der Waals surface area contributed by atoms with E-state index >= 15 is 0 Å². The highest BCUT2D eigenvalue weighted by Gasteiger charge is 2.41. The minimum absolute atomic E-state index is 0.0805. The Morgan fingerprint density at radius 3 is 2.64 bits per heavy atom. The molecule has 3 aromatic rings. The quantitative estimate of drug-likeness (QED) is 0.568. The van der Waals surface area contributed by atoms with Gasteiger partial charge in [0.05, 0.1) is 18.4 Å². The minimum Gasteiger partial charge on any atom is -0.496 e. The van der Waals surface area contributed by atoms with E-state index in [1.165, 1.54) is 27.7 Å². The van der Waals surface area contributed by atoms with E-state index < -0.39 is 0 Å². The van der Waals surface area contributed by atoms with Gasteiger partial charge in [0.1, 0.15) is 12.1 Å². The first kappa shape index (κ1) is 22.9. The zero-order valence-corrected chi connectivity index (χ0v) is 19.5. The van der Waals surface area contributed by atoms with E-state index in [1.807, 2.05) is 11.0 Å². The van der Waals surface area contributed by atoms with E-state index in [4.69, 9.17) is 4.74 Å². The summed E-state index contributed by atoms with van der Waals surface area (Å²) in [6.07, 6.45) is 4.88. The highest BCUT2D eigenvalue weighted by atomic mass is 16.5. The lowest BCUT2D eigenvalue weighted by atomic mass is 9.76. The van der Waals surface area contributed by atoms with Crippen LogP contribution in [-0.4, -0.2) is 62.9 Å². The molecule has 33 heavy (non-hydrogen) atoms. The molecule has 1 aliphatic rings. The van der Waals surface area contributed by atoms with Gasteiger partial charge in [-0.15, -0.1) is 5.10 Å².